The Balaban J connectivity index is 2.17. The summed E-state index contributed by atoms with van der Waals surface area (Å²) in [5, 5.41) is 5.63. The molecule has 0 heterocycles. The summed E-state index contributed by atoms with van der Waals surface area (Å²) >= 11 is 0. The Kier molecular flexibility index (Phi) is 4.43. The van der Waals surface area contributed by atoms with Crippen LogP contribution in [0.4, 0.5) is 4.79 Å². The van der Waals surface area contributed by atoms with E-state index in [1.165, 1.54) is 0 Å². The van der Waals surface area contributed by atoms with E-state index in [9.17, 15) is 9.59 Å². The number of hydrogen-bond acceptors (Lipinski definition) is 2. The molecular formula is C10H18N2O2. The third-order valence-electron chi connectivity index (χ3n) is 2.41. The van der Waals surface area contributed by atoms with Gasteiger partial charge in [0.15, 0.2) is 0 Å². The molecule has 0 saturated heterocycles. The van der Waals surface area contributed by atoms with Crippen LogP contribution in [0.25, 0.3) is 0 Å². The lowest BCUT2D eigenvalue weighted by Crippen LogP contribution is -2.43. The van der Waals surface area contributed by atoms with E-state index in [1.54, 1.807) is 0 Å². The molecule has 1 saturated carbocycles. The second kappa shape index (κ2) is 5.62. The van der Waals surface area contributed by atoms with Crippen molar-refractivity contribution in [2.24, 2.45) is 0 Å². The number of carbonyl (C=O) groups excluding carboxylic acids is 2. The summed E-state index contributed by atoms with van der Waals surface area (Å²) < 4.78 is 0. The molecule has 0 unspecified atom stereocenters. The van der Waals surface area contributed by atoms with Crippen molar-refractivity contribution in [3.8, 4) is 0 Å². The van der Waals surface area contributed by atoms with Crippen LogP contribution in [-0.2, 0) is 4.79 Å². The fourth-order valence-electron chi connectivity index (χ4n) is 1.56. The standard InChI is InChI=1S/C10H18N2O2/c1-2-7-11-10(14)12-8-3-5-9(13)6-4-8/h8H,2-7H2,1H3,(H2,11,12,14). The van der Waals surface area contributed by atoms with Crippen molar-refractivity contribution in [1.29, 1.82) is 0 Å². The lowest BCUT2D eigenvalue weighted by Gasteiger charge is -2.22. The van der Waals surface area contributed by atoms with Crippen LogP contribution in [0.3, 0.4) is 0 Å². The number of carbonyl (C=O) groups is 2. The monoisotopic (exact) mass is 198 g/mol. The average Bonchev–Trinajstić information content (AvgIpc) is 2.18. The maximum absolute atomic E-state index is 11.2. The number of amides is 2. The minimum Gasteiger partial charge on any atom is -0.338 e. The van der Waals surface area contributed by atoms with Crippen LogP contribution in [0.2, 0.25) is 0 Å². The van der Waals surface area contributed by atoms with Gasteiger partial charge in [-0.1, -0.05) is 6.92 Å². The van der Waals surface area contributed by atoms with E-state index in [-0.39, 0.29) is 12.1 Å². The Labute approximate surface area is 84.4 Å². The van der Waals surface area contributed by atoms with Gasteiger partial charge in [0.1, 0.15) is 5.78 Å². The normalized spacial score (nSPS) is 17.9. The molecule has 0 bridgehead atoms. The molecule has 2 amide bonds. The number of Topliss-reactive ketones (excluding diaryl/α,β-unsaturated/α-hetero) is 1. The maximum Gasteiger partial charge on any atom is 0.315 e. The summed E-state index contributed by atoms with van der Waals surface area (Å²) in [4.78, 5) is 22.2. The van der Waals surface area contributed by atoms with Crippen molar-refractivity contribution in [1.82, 2.24) is 10.6 Å². The predicted molar refractivity (Wildman–Crippen MR) is 54.1 cm³/mol. The summed E-state index contributed by atoms with van der Waals surface area (Å²) in [5.74, 6) is 0.317. The first-order chi connectivity index (χ1) is 6.72. The van der Waals surface area contributed by atoms with Crippen LogP contribution < -0.4 is 10.6 Å². The summed E-state index contributed by atoms with van der Waals surface area (Å²) in [6, 6.07) is 0.0794. The highest BCUT2D eigenvalue weighted by Gasteiger charge is 2.19. The second-order valence-electron chi connectivity index (χ2n) is 3.71. The number of ketones is 1. The molecule has 1 aliphatic rings. The molecule has 0 spiro atoms. The summed E-state index contributed by atoms with van der Waals surface area (Å²) in [7, 11) is 0. The van der Waals surface area contributed by atoms with E-state index in [0.29, 0.717) is 25.2 Å². The van der Waals surface area contributed by atoms with Gasteiger partial charge in [-0.3, -0.25) is 4.79 Å². The SMILES string of the molecule is CCCNC(=O)NC1CCC(=O)CC1. The van der Waals surface area contributed by atoms with Crippen molar-refractivity contribution in [2.75, 3.05) is 6.54 Å². The molecule has 1 fully saturated rings. The molecule has 0 radical (unpaired) electrons. The molecule has 1 aliphatic carbocycles. The number of nitrogens with one attached hydrogen (secondary N) is 2. The zero-order valence-electron chi connectivity index (χ0n) is 8.64. The zero-order chi connectivity index (χ0) is 10.4. The van der Waals surface area contributed by atoms with E-state index >= 15 is 0 Å². The average molecular weight is 198 g/mol. The van der Waals surface area contributed by atoms with E-state index in [2.05, 4.69) is 10.6 Å². The highest BCUT2D eigenvalue weighted by molar-refractivity contribution is 5.80. The molecule has 0 aromatic carbocycles. The van der Waals surface area contributed by atoms with E-state index < -0.39 is 0 Å². The Morgan fingerprint density at radius 1 is 1.43 bits per heavy atom. The van der Waals surface area contributed by atoms with Crippen molar-refractivity contribution in [3.05, 3.63) is 0 Å². The third-order valence-corrected chi connectivity index (χ3v) is 2.41. The van der Waals surface area contributed by atoms with Crippen LogP contribution in [0.5, 0.6) is 0 Å². The largest absolute Gasteiger partial charge is 0.338 e. The first-order valence-corrected chi connectivity index (χ1v) is 5.28. The fraction of sp³-hybridized carbons (Fsp3) is 0.800. The first kappa shape index (κ1) is 11.0. The third kappa shape index (κ3) is 3.77. The van der Waals surface area contributed by atoms with Crippen molar-refractivity contribution in [3.63, 3.8) is 0 Å². The predicted octanol–water partition coefficient (Wildman–Crippen LogP) is 1.21. The molecule has 80 valence electrons. The zero-order valence-corrected chi connectivity index (χ0v) is 8.64. The van der Waals surface area contributed by atoms with E-state index in [1.807, 2.05) is 6.92 Å². The molecule has 2 N–H and O–H groups in total. The van der Waals surface area contributed by atoms with E-state index in [4.69, 9.17) is 0 Å². The highest BCUT2D eigenvalue weighted by Crippen LogP contribution is 2.14. The molecule has 1 rings (SSSR count). The molecule has 14 heavy (non-hydrogen) atoms. The molecule has 0 aromatic rings. The van der Waals surface area contributed by atoms with Crippen LogP contribution in [0, 0.1) is 0 Å². The second-order valence-corrected chi connectivity index (χ2v) is 3.71. The smallest absolute Gasteiger partial charge is 0.315 e. The Bertz CT molecular complexity index is 206. The van der Waals surface area contributed by atoms with Crippen LogP contribution >= 0.6 is 0 Å². The van der Waals surface area contributed by atoms with Gasteiger partial charge in [-0.2, -0.15) is 0 Å². The maximum atomic E-state index is 11.2. The van der Waals surface area contributed by atoms with Gasteiger partial charge in [-0.15, -0.1) is 0 Å². The van der Waals surface area contributed by atoms with Gasteiger partial charge in [-0.05, 0) is 19.3 Å². The van der Waals surface area contributed by atoms with Crippen LogP contribution in [-0.4, -0.2) is 24.4 Å². The number of rotatable bonds is 3. The van der Waals surface area contributed by atoms with Crippen molar-refractivity contribution >= 4 is 11.8 Å². The molecule has 0 atom stereocenters. The Morgan fingerprint density at radius 2 is 2.07 bits per heavy atom. The van der Waals surface area contributed by atoms with Crippen molar-refractivity contribution < 1.29 is 9.59 Å². The summed E-state index contributed by atoms with van der Waals surface area (Å²) in [5.41, 5.74) is 0. The van der Waals surface area contributed by atoms with Gasteiger partial charge >= 0.3 is 6.03 Å². The molecule has 4 heteroatoms. The minimum atomic E-state index is -0.105. The lowest BCUT2D eigenvalue weighted by atomic mass is 9.94. The molecule has 0 aliphatic heterocycles. The Hall–Kier alpha value is -1.06. The first-order valence-electron chi connectivity index (χ1n) is 5.28. The van der Waals surface area contributed by atoms with Gasteiger partial charge in [0.2, 0.25) is 0 Å². The van der Waals surface area contributed by atoms with Gasteiger partial charge in [0.05, 0.1) is 0 Å². The van der Waals surface area contributed by atoms with Gasteiger partial charge in [0, 0.05) is 25.4 Å². The van der Waals surface area contributed by atoms with E-state index in [0.717, 1.165) is 19.3 Å². The quantitative estimate of drug-likeness (QED) is 0.716. The highest BCUT2D eigenvalue weighted by atomic mass is 16.2. The Morgan fingerprint density at radius 3 is 2.64 bits per heavy atom. The van der Waals surface area contributed by atoms with Crippen LogP contribution in [0.1, 0.15) is 39.0 Å². The minimum absolute atomic E-state index is 0.105. The topological polar surface area (TPSA) is 58.2 Å². The van der Waals surface area contributed by atoms with Crippen LogP contribution in [0.15, 0.2) is 0 Å². The lowest BCUT2D eigenvalue weighted by molar-refractivity contribution is -0.120. The van der Waals surface area contributed by atoms with Gasteiger partial charge in [0.25, 0.3) is 0 Å². The van der Waals surface area contributed by atoms with Gasteiger partial charge < -0.3 is 10.6 Å². The molecule has 0 aromatic heterocycles. The summed E-state index contributed by atoms with van der Waals surface area (Å²) in [6.45, 7) is 2.72. The molecular weight excluding hydrogens is 180 g/mol. The summed E-state index contributed by atoms with van der Waals surface area (Å²) in [6.07, 6.45) is 3.74. The van der Waals surface area contributed by atoms with Gasteiger partial charge in [-0.25, -0.2) is 4.79 Å². The fourth-order valence-corrected chi connectivity index (χ4v) is 1.56. The number of urea groups is 1. The molecule has 4 nitrogen and oxygen atoms in total. The van der Waals surface area contributed by atoms with Crippen molar-refractivity contribution in [2.45, 2.75) is 45.1 Å². The number of hydrogen-bond donors (Lipinski definition) is 2.